The fraction of sp³-hybridized carbons (Fsp3) is 0.250. The van der Waals surface area contributed by atoms with Gasteiger partial charge in [-0.25, -0.2) is 18.4 Å². The number of carbonyl (C=O) groups is 3. The molecule has 0 aliphatic carbocycles. The van der Waals surface area contributed by atoms with E-state index in [-0.39, 0.29) is 43.2 Å². The molecule has 0 aromatic heterocycles. The van der Waals surface area contributed by atoms with Crippen molar-refractivity contribution < 1.29 is 33.0 Å². The van der Waals surface area contributed by atoms with Crippen molar-refractivity contribution in [2.45, 2.75) is 32.0 Å². The SMILES string of the molecule is Cc1cc(CC(=O)N2CC(F)CC2COc2ccc(C(=O)O)cc2)ccc1NC(=O)Nc1ccccc1F. The van der Waals surface area contributed by atoms with Crippen molar-refractivity contribution in [2.24, 2.45) is 0 Å². The van der Waals surface area contributed by atoms with Gasteiger partial charge in [-0.05, 0) is 60.5 Å². The van der Waals surface area contributed by atoms with Crippen LogP contribution in [-0.4, -0.2) is 53.3 Å². The highest BCUT2D eigenvalue weighted by molar-refractivity contribution is 6.00. The number of ether oxygens (including phenoxy) is 1. The number of hydrogen-bond acceptors (Lipinski definition) is 4. The average molecular weight is 524 g/mol. The summed E-state index contributed by atoms with van der Waals surface area (Å²) in [5, 5.41) is 14.1. The molecule has 1 heterocycles. The van der Waals surface area contributed by atoms with Gasteiger partial charge in [-0.3, -0.25) is 4.79 Å². The first-order chi connectivity index (χ1) is 18.2. The Hall–Kier alpha value is -4.47. The lowest BCUT2D eigenvalue weighted by Gasteiger charge is -2.24. The number of urea groups is 1. The van der Waals surface area contributed by atoms with E-state index in [0.717, 1.165) is 0 Å². The molecular weight excluding hydrogens is 496 g/mol. The number of anilines is 2. The smallest absolute Gasteiger partial charge is 0.335 e. The Morgan fingerprint density at radius 1 is 1.03 bits per heavy atom. The van der Waals surface area contributed by atoms with Crippen LogP contribution in [0.1, 0.15) is 27.9 Å². The number of carboxylic acids is 1. The zero-order chi connectivity index (χ0) is 27.2. The number of aromatic carboxylic acids is 1. The molecule has 0 radical (unpaired) electrons. The maximum absolute atomic E-state index is 14.2. The molecule has 0 spiro atoms. The van der Waals surface area contributed by atoms with Gasteiger partial charge in [0.05, 0.1) is 30.3 Å². The summed E-state index contributed by atoms with van der Waals surface area (Å²) in [6, 6.07) is 15.7. The number of amides is 3. The van der Waals surface area contributed by atoms with Crippen LogP contribution in [0.2, 0.25) is 0 Å². The van der Waals surface area contributed by atoms with E-state index in [9.17, 15) is 23.2 Å². The van der Waals surface area contributed by atoms with Crippen molar-refractivity contribution in [3.05, 3.63) is 89.2 Å². The van der Waals surface area contributed by atoms with Gasteiger partial charge in [0.2, 0.25) is 5.91 Å². The molecule has 3 aromatic rings. The van der Waals surface area contributed by atoms with Crippen LogP contribution in [0.15, 0.2) is 66.7 Å². The average Bonchev–Trinajstić information content (AvgIpc) is 3.26. The molecule has 2 unspecified atom stereocenters. The Kier molecular flexibility index (Phi) is 8.20. The highest BCUT2D eigenvalue weighted by Crippen LogP contribution is 2.24. The number of nitrogens with zero attached hydrogens (tertiary/aromatic N) is 1. The van der Waals surface area contributed by atoms with Gasteiger partial charge in [0.25, 0.3) is 0 Å². The van der Waals surface area contributed by atoms with Gasteiger partial charge in [-0.1, -0.05) is 24.3 Å². The van der Waals surface area contributed by atoms with Crippen LogP contribution >= 0.6 is 0 Å². The second kappa shape index (κ2) is 11.7. The molecule has 2 atom stereocenters. The molecule has 1 saturated heterocycles. The molecule has 1 aliphatic heterocycles. The predicted octanol–water partition coefficient (Wildman–Crippen LogP) is 5.04. The molecular formula is C28H27F2N3O5. The summed E-state index contributed by atoms with van der Waals surface area (Å²) in [5.41, 5.74) is 2.08. The van der Waals surface area contributed by atoms with E-state index in [0.29, 0.717) is 22.6 Å². The summed E-state index contributed by atoms with van der Waals surface area (Å²) in [7, 11) is 0. The predicted molar refractivity (Wildman–Crippen MR) is 138 cm³/mol. The number of carboxylic acid groups (broad SMARTS) is 1. The summed E-state index contributed by atoms with van der Waals surface area (Å²) in [6.45, 7) is 1.82. The molecule has 8 nitrogen and oxygen atoms in total. The van der Waals surface area contributed by atoms with E-state index in [1.165, 1.54) is 47.4 Å². The minimum atomic E-state index is -1.16. The Morgan fingerprint density at radius 2 is 1.74 bits per heavy atom. The fourth-order valence-electron chi connectivity index (χ4n) is 4.30. The number of nitrogens with one attached hydrogen (secondary N) is 2. The van der Waals surface area contributed by atoms with Gasteiger partial charge in [0, 0.05) is 12.1 Å². The second-order valence-corrected chi connectivity index (χ2v) is 9.06. The summed E-state index contributed by atoms with van der Waals surface area (Å²) < 4.78 is 33.7. The first-order valence-corrected chi connectivity index (χ1v) is 12.0. The molecule has 1 aliphatic rings. The molecule has 3 aromatic carbocycles. The number of benzene rings is 3. The topological polar surface area (TPSA) is 108 Å². The van der Waals surface area contributed by atoms with E-state index in [1.54, 1.807) is 31.2 Å². The van der Waals surface area contributed by atoms with Crippen molar-refractivity contribution in [2.75, 3.05) is 23.8 Å². The maximum atomic E-state index is 14.2. The highest BCUT2D eigenvalue weighted by atomic mass is 19.1. The van der Waals surface area contributed by atoms with Crippen molar-refractivity contribution in [3.8, 4) is 5.75 Å². The Morgan fingerprint density at radius 3 is 2.42 bits per heavy atom. The third-order valence-corrected chi connectivity index (χ3v) is 6.24. The van der Waals surface area contributed by atoms with Gasteiger partial charge < -0.3 is 25.4 Å². The maximum Gasteiger partial charge on any atom is 0.335 e. The van der Waals surface area contributed by atoms with Crippen molar-refractivity contribution in [1.82, 2.24) is 4.90 Å². The van der Waals surface area contributed by atoms with Crippen LogP contribution in [0.3, 0.4) is 0 Å². The summed E-state index contributed by atoms with van der Waals surface area (Å²) in [4.78, 5) is 37.8. The van der Waals surface area contributed by atoms with Crippen molar-refractivity contribution in [3.63, 3.8) is 0 Å². The van der Waals surface area contributed by atoms with Crippen LogP contribution in [0.4, 0.5) is 25.0 Å². The Labute approximate surface area is 218 Å². The van der Waals surface area contributed by atoms with Gasteiger partial charge in [0.1, 0.15) is 24.3 Å². The summed E-state index contributed by atoms with van der Waals surface area (Å²) >= 11 is 0. The largest absolute Gasteiger partial charge is 0.491 e. The first-order valence-electron chi connectivity index (χ1n) is 12.0. The lowest BCUT2D eigenvalue weighted by Crippen LogP contribution is -2.40. The number of halogens is 2. The third-order valence-electron chi connectivity index (χ3n) is 6.24. The molecule has 10 heteroatoms. The van der Waals surface area contributed by atoms with E-state index in [2.05, 4.69) is 10.6 Å². The third kappa shape index (κ3) is 6.64. The standard InChI is InChI=1S/C28H27F2N3O5/c1-17-12-18(6-11-24(17)31-28(37)32-25-5-3-2-4-23(25)30)13-26(34)33-15-20(29)14-21(33)16-38-22-9-7-19(8-10-22)27(35)36/h2-12,20-21H,13-16H2,1H3,(H,35,36)(H2,31,32,37). The number of aryl methyl sites for hydroxylation is 1. The lowest BCUT2D eigenvalue weighted by molar-refractivity contribution is -0.132. The van der Waals surface area contributed by atoms with Crippen molar-refractivity contribution >= 4 is 29.3 Å². The molecule has 4 rings (SSSR count). The van der Waals surface area contributed by atoms with Crippen molar-refractivity contribution in [1.29, 1.82) is 0 Å². The Bertz CT molecular complexity index is 1330. The molecule has 1 fully saturated rings. The second-order valence-electron chi connectivity index (χ2n) is 9.06. The van der Waals surface area contributed by atoms with Crippen LogP contribution in [0.5, 0.6) is 5.75 Å². The van der Waals surface area contributed by atoms with E-state index in [1.807, 2.05) is 0 Å². The molecule has 3 N–H and O–H groups in total. The fourth-order valence-corrected chi connectivity index (χ4v) is 4.30. The van der Waals surface area contributed by atoms with E-state index < -0.39 is 30.0 Å². The summed E-state index contributed by atoms with van der Waals surface area (Å²) in [6.07, 6.45) is -0.972. The zero-order valence-corrected chi connectivity index (χ0v) is 20.6. The van der Waals surface area contributed by atoms with Gasteiger partial charge in [-0.2, -0.15) is 0 Å². The molecule has 3 amide bonds. The number of carbonyl (C=O) groups excluding carboxylic acids is 2. The number of rotatable bonds is 8. The van der Waals surface area contributed by atoms with Crippen LogP contribution < -0.4 is 15.4 Å². The highest BCUT2D eigenvalue weighted by Gasteiger charge is 2.35. The van der Waals surface area contributed by atoms with Crippen LogP contribution in [-0.2, 0) is 11.2 Å². The zero-order valence-electron chi connectivity index (χ0n) is 20.6. The molecule has 0 saturated carbocycles. The molecule has 0 bridgehead atoms. The van der Waals surface area contributed by atoms with Crippen LogP contribution in [0.25, 0.3) is 0 Å². The van der Waals surface area contributed by atoms with Crippen LogP contribution in [0, 0.1) is 12.7 Å². The lowest BCUT2D eigenvalue weighted by atomic mass is 10.1. The number of likely N-dealkylation sites (tertiary alicyclic amines) is 1. The summed E-state index contributed by atoms with van der Waals surface area (Å²) in [5.74, 6) is -1.42. The minimum absolute atomic E-state index is 0.0281. The van der Waals surface area contributed by atoms with E-state index in [4.69, 9.17) is 9.84 Å². The van der Waals surface area contributed by atoms with E-state index >= 15 is 0 Å². The number of para-hydroxylation sites is 1. The first kappa shape index (κ1) is 26.6. The van der Waals surface area contributed by atoms with Gasteiger partial charge in [0.15, 0.2) is 0 Å². The number of alkyl halides is 1. The molecule has 38 heavy (non-hydrogen) atoms. The monoisotopic (exact) mass is 523 g/mol. The quantitative estimate of drug-likeness (QED) is 0.384. The minimum Gasteiger partial charge on any atom is -0.491 e. The number of hydrogen-bond donors (Lipinski definition) is 3. The molecule has 198 valence electrons. The Balaban J connectivity index is 1.34. The van der Waals surface area contributed by atoms with Gasteiger partial charge in [-0.15, -0.1) is 0 Å². The van der Waals surface area contributed by atoms with Gasteiger partial charge >= 0.3 is 12.0 Å². The normalized spacial score (nSPS) is 16.7.